The Kier molecular flexibility index (Phi) is 6.72. The van der Waals surface area contributed by atoms with Crippen molar-refractivity contribution in [3.63, 3.8) is 0 Å². The topological polar surface area (TPSA) is 58.6 Å². The smallest absolute Gasteiger partial charge is 0.306 e. The Hall–Kier alpha value is -1.10. The normalized spacial score (nSPS) is 20.4. The van der Waals surface area contributed by atoms with E-state index in [-0.39, 0.29) is 30.8 Å². The lowest BCUT2D eigenvalue weighted by atomic mass is 10.1. The van der Waals surface area contributed by atoms with E-state index in [2.05, 4.69) is 17.1 Å². The van der Waals surface area contributed by atoms with Gasteiger partial charge in [0.1, 0.15) is 0 Å². The molecule has 1 amide bonds. The summed E-state index contributed by atoms with van der Waals surface area (Å²) in [6, 6.07) is 0.230. The number of hydrogen-bond acceptors (Lipinski definition) is 4. The van der Waals surface area contributed by atoms with Crippen LogP contribution in [0.3, 0.4) is 0 Å². The van der Waals surface area contributed by atoms with Gasteiger partial charge in [0.15, 0.2) is 0 Å². The molecule has 0 radical (unpaired) electrons. The van der Waals surface area contributed by atoms with Gasteiger partial charge in [0.25, 0.3) is 0 Å². The first-order chi connectivity index (χ1) is 8.65. The highest BCUT2D eigenvalue weighted by Gasteiger charge is 2.20. The summed E-state index contributed by atoms with van der Waals surface area (Å²) in [4.78, 5) is 25.1. The number of ether oxygens (including phenoxy) is 1. The minimum absolute atomic E-state index is 0.0500. The van der Waals surface area contributed by atoms with Crippen LogP contribution in [0.5, 0.6) is 0 Å². The molecule has 1 heterocycles. The SMILES string of the molecule is CCOC(=O)CCC(=O)NC1CCCN(CC)C1. The number of likely N-dealkylation sites (tertiary alicyclic amines) is 1. The Bertz CT molecular complexity index is 281. The van der Waals surface area contributed by atoms with Crippen LogP contribution >= 0.6 is 0 Å². The van der Waals surface area contributed by atoms with Crippen LogP contribution in [0.2, 0.25) is 0 Å². The Labute approximate surface area is 109 Å². The van der Waals surface area contributed by atoms with E-state index in [9.17, 15) is 9.59 Å². The molecule has 5 heteroatoms. The van der Waals surface area contributed by atoms with Gasteiger partial charge in [-0.15, -0.1) is 0 Å². The number of amides is 1. The number of nitrogens with one attached hydrogen (secondary N) is 1. The second-order valence-electron chi connectivity index (χ2n) is 4.60. The highest BCUT2D eigenvalue weighted by atomic mass is 16.5. The third kappa shape index (κ3) is 5.49. The fraction of sp³-hybridized carbons (Fsp3) is 0.846. The quantitative estimate of drug-likeness (QED) is 0.718. The number of esters is 1. The molecule has 1 rings (SSSR count). The molecular weight excluding hydrogens is 232 g/mol. The number of carbonyl (C=O) groups is 2. The molecule has 0 aromatic carbocycles. The number of likely N-dealkylation sites (N-methyl/N-ethyl adjacent to an activating group) is 1. The molecule has 0 aliphatic carbocycles. The lowest BCUT2D eigenvalue weighted by molar-refractivity contribution is -0.144. The molecule has 0 bridgehead atoms. The van der Waals surface area contributed by atoms with E-state index in [1.54, 1.807) is 6.92 Å². The second-order valence-corrected chi connectivity index (χ2v) is 4.60. The highest BCUT2D eigenvalue weighted by Crippen LogP contribution is 2.09. The summed E-state index contributed by atoms with van der Waals surface area (Å²) in [6.45, 7) is 7.32. The lowest BCUT2D eigenvalue weighted by Crippen LogP contribution is -2.47. The van der Waals surface area contributed by atoms with Crippen molar-refractivity contribution in [2.75, 3.05) is 26.2 Å². The van der Waals surface area contributed by atoms with Crippen LogP contribution in [-0.2, 0) is 14.3 Å². The maximum atomic E-state index is 11.7. The summed E-state index contributed by atoms with van der Waals surface area (Å²) >= 11 is 0. The van der Waals surface area contributed by atoms with Crippen LogP contribution < -0.4 is 5.32 Å². The maximum absolute atomic E-state index is 11.7. The first-order valence-corrected chi connectivity index (χ1v) is 6.83. The molecule has 0 spiro atoms. The minimum Gasteiger partial charge on any atom is -0.466 e. The summed E-state index contributed by atoms with van der Waals surface area (Å²) in [5, 5.41) is 2.99. The van der Waals surface area contributed by atoms with Gasteiger partial charge in [-0.25, -0.2) is 0 Å². The first kappa shape index (κ1) is 15.0. The van der Waals surface area contributed by atoms with Crippen molar-refractivity contribution in [1.29, 1.82) is 0 Å². The van der Waals surface area contributed by atoms with E-state index in [4.69, 9.17) is 4.74 Å². The Morgan fingerprint density at radius 3 is 2.78 bits per heavy atom. The Morgan fingerprint density at radius 2 is 2.11 bits per heavy atom. The fourth-order valence-electron chi connectivity index (χ4n) is 2.21. The van der Waals surface area contributed by atoms with Gasteiger partial charge in [-0.05, 0) is 32.9 Å². The van der Waals surface area contributed by atoms with Crippen molar-refractivity contribution < 1.29 is 14.3 Å². The predicted octanol–water partition coefficient (Wildman–Crippen LogP) is 0.930. The first-order valence-electron chi connectivity index (χ1n) is 6.83. The van der Waals surface area contributed by atoms with Gasteiger partial charge in [0, 0.05) is 19.0 Å². The van der Waals surface area contributed by atoms with E-state index in [0.717, 1.165) is 32.5 Å². The third-order valence-corrected chi connectivity index (χ3v) is 3.18. The van der Waals surface area contributed by atoms with Gasteiger partial charge in [-0.2, -0.15) is 0 Å². The number of hydrogen-bond donors (Lipinski definition) is 1. The van der Waals surface area contributed by atoms with Gasteiger partial charge in [-0.1, -0.05) is 6.92 Å². The number of nitrogens with zero attached hydrogens (tertiary/aromatic N) is 1. The standard InChI is InChI=1S/C13H24N2O3/c1-3-15-9-5-6-11(10-15)14-12(16)7-8-13(17)18-4-2/h11H,3-10H2,1-2H3,(H,14,16). The summed E-state index contributed by atoms with van der Waals surface area (Å²) in [5.41, 5.74) is 0. The zero-order valence-electron chi connectivity index (χ0n) is 11.4. The zero-order chi connectivity index (χ0) is 13.4. The number of carbonyl (C=O) groups excluding carboxylic acids is 2. The monoisotopic (exact) mass is 256 g/mol. The van der Waals surface area contributed by atoms with Crippen molar-refractivity contribution >= 4 is 11.9 Å². The molecule has 1 aliphatic rings. The summed E-state index contributed by atoms with van der Waals surface area (Å²) in [6.07, 6.45) is 2.55. The molecule has 0 aromatic rings. The van der Waals surface area contributed by atoms with Gasteiger partial charge in [0.2, 0.25) is 5.91 Å². The molecule has 1 N–H and O–H groups in total. The van der Waals surface area contributed by atoms with Crippen molar-refractivity contribution in [1.82, 2.24) is 10.2 Å². The molecule has 1 aliphatic heterocycles. The van der Waals surface area contributed by atoms with Crippen LogP contribution in [-0.4, -0.2) is 49.1 Å². The molecule has 1 atom stereocenters. The molecule has 1 saturated heterocycles. The van der Waals surface area contributed by atoms with E-state index >= 15 is 0 Å². The van der Waals surface area contributed by atoms with Gasteiger partial charge >= 0.3 is 5.97 Å². The zero-order valence-corrected chi connectivity index (χ0v) is 11.4. The van der Waals surface area contributed by atoms with Gasteiger partial charge in [-0.3, -0.25) is 9.59 Å². The molecule has 1 fully saturated rings. The number of piperidine rings is 1. The van der Waals surface area contributed by atoms with Gasteiger partial charge in [0.05, 0.1) is 13.0 Å². The van der Waals surface area contributed by atoms with Crippen LogP contribution in [0.1, 0.15) is 39.5 Å². The van der Waals surface area contributed by atoms with Crippen molar-refractivity contribution in [3.8, 4) is 0 Å². The van der Waals surface area contributed by atoms with Crippen molar-refractivity contribution in [3.05, 3.63) is 0 Å². The van der Waals surface area contributed by atoms with Crippen LogP contribution in [0.25, 0.3) is 0 Å². The molecular formula is C13H24N2O3. The minimum atomic E-state index is -0.300. The number of rotatable bonds is 6. The highest BCUT2D eigenvalue weighted by molar-refractivity contribution is 5.81. The molecule has 0 saturated carbocycles. The third-order valence-electron chi connectivity index (χ3n) is 3.18. The van der Waals surface area contributed by atoms with Crippen molar-refractivity contribution in [2.45, 2.75) is 45.6 Å². The Balaban J connectivity index is 2.21. The van der Waals surface area contributed by atoms with E-state index in [1.165, 1.54) is 0 Å². The molecule has 18 heavy (non-hydrogen) atoms. The van der Waals surface area contributed by atoms with E-state index in [0.29, 0.717) is 6.61 Å². The van der Waals surface area contributed by atoms with Gasteiger partial charge < -0.3 is 15.0 Å². The molecule has 5 nitrogen and oxygen atoms in total. The second kappa shape index (κ2) is 8.08. The summed E-state index contributed by atoms with van der Waals surface area (Å²) in [7, 11) is 0. The van der Waals surface area contributed by atoms with Crippen LogP contribution in [0.15, 0.2) is 0 Å². The van der Waals surface area contributed by atoms with Crippen LogP contribution in [0.4, 0.5) is 0 Å². The summed E-state index contributed by atoms with van der Waals surface area (Å²) in [5.74, 6) is -0.350. The van der Waals surface area contributed by atoms with E-state index in [1.807, 2.05) is 0 Å². The largest absolute Gasteiger partial charge is 0.466 e. The van der Waals surface area contributed by atoms with E-state index < -0.39 is 0 Å². The molecule has 1 unspecified atom stereocenters. The average molecular weight is 256 g/mol. The van der Waals surface area contributed by atoms with Crippen LogP contribution in [0, 0.1) is 0 Å². The lowest BCUT2D eigenvalue weighted by Gasteiger charge is -2.32. The Morgan fingerprint density at radius 1 is 1.33 bits per heavy atom. The average Bonchev–Trinajstić information content (AvgIpc) is 2.37. The maximum Gasteiger partial charge on any atom is 0.306 e. The fourth-order valence-corrected chi connectivity index (χ4v) is 2.21. The molecule has 0 aromatic heterocycles. The summed E-state index contributed by atoms with van der Waals surface area (Å²) < 4.78 is 4.79. The predicted molar refractivity (Wildman–Crippen MR) is 69.1 cm³/mol. The van der Waals surface area contributed by atoms with Crippen molar-refractivity contribution in [2.24, 2.45) is 0 Å². The molecule has 104 valence electrons.